The van der Waals surface area contributed by atoms with Gasteiger partial charge in [0, 0.05) is 23.4 Å². The number of benzene rings is 4. The number of ether oxygens (including phenoxy) is 2. The van der Waals surface area contributed by atoms with Gasteiger partial charge < -0.3 is 14.4 Å². The molecule has 1 aliphatic carbocycles. The molecule has 0 N–H and O–H groups in total. The van der Waals surface area contributed by atoms with Gasteiger partial charge in [0.05, 0.1) is 6.04 Å². The van der Waals surface area contributed by atoms with E-state index < -0.39 is 0 Å². The van der Waals surface area contributed by atoms with Crippen LogP contribution in [-0.2, 0) is 36.6 Å². The summed E-state index contributed by atoms with van der Waals surface area (Å²) in [7, 11) is 0. The monoisotopic (exact) mass is 924 g/mol. The van der Waals surface area contributed by atoms with Gasteiger partial charge in [0.25, 0.3) is 0 Å². The Morgan fingerprint density at radius 3 is 2.25 bits per heavy atom. The number of rotatable bonds is 7. The fraction of sp³-hybridized carbons (Fsp3) is 0.400. The molecule has 292 valence electrons. The maximum atomic E-state index is 6.90. The second kappa shape index (κ2) is 14.9. The third-order valence-corrected chi connectivity index (χ3v) is 12.1. The summed E-state index contributed by atoms with van der Waals surface area (Å²) in [6, 6.07) is 35.8. The minimum absolute atomic E-state index is 0. The molecular formula is C50H55N3O2Pt. The molecule has 6 heteroatoms. The van der Waals surface area contributed by atoms with E-state index in [1.54, 1.807) is 0 Å². The fourth-order valence-corrected chi connectivity index (χ4v) is 8.89. The number of hydrogen-bond donors (Lipinski definition) is 0. The van der Waals surface area contributed by atoms with Crippen LogP contribution in [0.5, 0.6) is 11.5 Å². The maximum absolute atomic E-state index is 6.90. The van der Waals surface area contributed by atoms with Crippen LogP contribution in [0.25, 0.3) is 11.1 Å². The topological polar surface area (TPSA) is 47.0 Å². The maximum Gasteiger partial charge on any atom is 2.00 e. The van der Waals surface area contributed by atoms with Gasteiger partial charge in [-0.1, -0.05) is 134 Å². The van der Waals surface area contributed by atoms with E-state index in [4.69, 9.17) is 19.5 Å². The average molecular weight is 925 g/mol. The molecule has 1 aromatic heterocycles. The van der Waals surface area contributed by atoms with Crippen LogP contribution >= 0.6 is 0 Å². The zero-order chi connectivity index (χ0) is 38.9. The molecule has 0 bridgehead atoms. The minimum atomic E-state index is -0.283. The molecule has 0 radical (unpaired) electrons. The van der Waals surface area contributed by atoms with Crippen molar-refractivity contribution in [1.82, 2.24) is 4.98 Å². The molecule has 3 heterocycles. The molecule has 2 atom stereocenters. The molecule has 5 nitrogen and oxygen atoms in total. The summed E-state index contributed by atoms with van der Waals surface area (Å²) >= 11 is 0. The van der Waals surface area contributed by atoms with Crippen molar-refractivity contribution >= 4 is 23.1 Å². The summed E-state index contributed by atoms with van der Waals surface area (Å²) in [6.07, 6.45) is 6.32. The molecule has 5 aromatic rings. The largest absolute Gasteiger partial charge is 2.00 e. The van der Waals surface area contributed by atoms with Gasteiger partial charge in [-0.15, -0.1) is 23.8 Å². The molecule has 0 unspecified atom stereocenters. The average Bonchev–Trinajstić information content (AvgIpc) is 3.52. The van der Waals surface area contributed by atoms with Crippen molar-refractivity contribution < 1.29 is 30.5 Å². The molecule has 1 saturated carbocycles. The first-order chi connectivity index (χ1) is 26.1. The Hall–Kier alpha value is -4.21. The van der Waals surface area contributed by atoms with Crippen LogP contribution in [0.4, 0.5) is 17.2 Å². The van der Waals surface area contributed by atoms with E-state index in [9.17, 15) is 0 Å². The van der Waals surface area contributed by atoms with Gasteiger partial charge in [-0.2, -0.15) is 6.07 Å². The van der Waals surface area contributed by atoms with Crippen LogP contribution in [0.3, 0.4) is 0 Å². The summed E-state index contributed by atoms with van der Waals surface area (Å²) in [6.45, 7) is 22.6. The number of anilines is 3. The second-order valence-electron chi connectivity index (χ2n) is 18.2. The molecule has 1 fully saturated rings. The van der Waals surface area contributed by atoms with Gasteiger partial charge >= 0.3 is 21.1 Å². The van der Waals surface area contributed by atoms with Gasteiger partial charge in [0.15, 0.2) is 0 Å². The predicted octanol–water partition coefficient (Wildman–Crippen LogP) is 13.3. The molecule has 4 aromatic carbocycles. The smallest absolute Gasteiger partial charge is 0.512 e. The number of fused-ring (bicyclic) bond motifs is 3. The Kier molecular flexibility index (Phi) is 10.7. The Morgan fingerprint density at radius 1 is 0.821 bits per heavy atom. The molecule has 0 spiro atoms. The van der Waals surface area contributed by atoms with Crippen LogP contribution in [0.15, 0.2) is 90.1 Å². The first kappa shape index (κ1) is 40.0. The minimum Gasteiger partial charge on any atom is -0.512 e. The van der Waals surface area contributed by atoms with Crippen LogP contribution in [0.1, 0.15) is 140 Å². The molecule has 2 aliphatic heterocycles. The summed E-state index contributed by atoms with van der Waals surface area (Å²) in [5, 5.41) is 0. The molecule has 0 amide bonds. The standard InChI is InChI=1S/C50H55N3O2.Pt/c1-31(2)38-16-15-17-39(32(3)4)46(38)33-26-34(47-52-44-20-13-14-24-50(44,10)55-47)28-37(27-33)54-36-21-22-41-43(30-36)53(42-19-12-11-18-40(42)49(41,8)9)45-29-35(23-25-51-45)48(5,6)7;/h11-12,15-19,21-23,25-27,29,31-32,44H,13-14,20,24H2,1-10H3;/q-2;+2/t44-,50+;/m1./s1. The van der Waals surface area contributed by atoms with Crippen molar-refractivity contribution in [3.8, 4) is 22.6 Å². The predicted molar refractivity (Wildman–Crippen MR) is 226 cm³/mol. The SMILES string of the molecule is CC(C)c1cccc(C(C)C)c1-c1cc(Oc2[c-]c3c(cc2)C(C)(C)c2ccccc2N3c2cc(C(C)(C)C)ccn2)[c-]c(C2=N[C@@H]3CCCC[C@]3(C)O2)c1.[Pt+2]. The molecule has 56 heavy (non-hydrogen) atoms. The van der Waals surface area contributed by atoms with Crippen molar-refractivity contribution in [2.45, 2.75) is 129 Å². The number of pyridine rings is 1. The van der Waals surface area contributed by atoms with Crippen molar-refractivity contribution in [2.24, 2.45) is 4.99 Å². The molecule has 0 saturated heterocycles. The first-order valence-corrected chi connectivity index (χ1v) is 20.2. The third-order valence-electron chi connectivity index (χ3n) is 12.1. The fourth-order valence-electron chi connectivity index (χ4n) is 8.89. The van der Waals surface area contributed by atoms with Gasteiger partial charge in [-0.3, -0.25) is 4.99 Å². The number of nitrogens with zero attached hydrogens (tertiary/aromatic N) is 3. The van der Waals surface area contributed by atoms with Crippen molar-refractivity contribution in [1.29, 1.82) is 0 Å². The van der Waals surface area contributed by atoms with Crippen molar-refractivity contribution in [3.63, 3.8) is 0 Å². The first-order valence-electron chi connectivity index (χ1n) is 20.2. The Labute approximate surface area is 349 Å². The van der Waals surface area contributed by atoms with E-state index in [2.05, 4.69) is 159 Å². The van der Waals surface area contributed by atoms with E-state index in [-0.39, 0.29) is 43.5 Å². The van der Waals surface area contributed by atoms with E-state index in [0.717, 1.165) is 53.1 Å². The Balaban J connectivity index is 0.00000480. The summed E-state index contributed by atoms with van der Waals surface area (Å²) in [5.74, 6) is 3.42. The Morgan fingerprint density at radius 2 is 1.55 bits per heavy atom. The zero-order valence-corrected chi connectivity index (χ0v) is 36.9. The molecule has 3 aliphatic rings. The van der Waals surface area contributed by atoms with Gasteiger partial charge in [0.2, 0.25) is 0 Å². The van der Waals surface area contributed by atoms with Crippen LogP contribution < -0.4 is 9.64 Å². The van der Waals surface area contributed by atoms with Gasteiger partial charge in [0.1, 0.15) is 17.3 Å². The van der Waals surface area contributed by atoms with E-state index in [0.29, 0.717) is 29.2 Å². The number of para-hydroxylation sites is 1. The normalized spacial score (nSPS) is 19.8. The number of aliphatic imine (C=N–C) groups is 1. The summed E-state index contributed by atoms with van der Waals surface area (Å²) < 4.78 is 13.7. The third kappa shape index (κ3) is 7.15. The summed E-state index contributed by atoms with van der Waals surface area (Å²) in [5.41, 5.74) is 10.9. The zero-order valence-electron chi connectivity index (χ0n) is 34.6. The summed E-state index contributed by atoms with van der Waals surface area (Å²) in [4.78, 5) is 12.4. The van der Waals surface area contributed by atoms with Gasteiger partial charge in [-0.05, 0) is 94.9 Å². The van der Waals surface area contributed by atoms with Gasteiger partial charge in [-0.25, -0.2) is 4.98 Å². The van der Waals surface area contributed by atoms with Crippen molar-refractivity contribution in [2.75, 3.05) is 4.90 Å². The number of hydrogen-bond acceptors (Lipinski definition) is 5. The number of aromatic nitrogens is 1. The van der Waals surface area contributed by atoms with E-state index >= 15 is 0 Å². The van der Waals surface area contributed by atoms with Crippen LogP contribution in [-0.4, -0.2) is 22.5 Å². The van der Waals surface area contributed by atoms with Crippen molar-refractivity contribution in [3.05, 3.63) is 131 Å². The van der Waals surface area contributed by atoms with E-state index in [1.165, 1.54) is 34.2 Å². The van der Waals surface area contributed by atoms with Crippen LogP contribution in [0, 0.1) is 12.1 Å². The quantitative estimate of drug-likeness (QED) is 0.153. The van der Waals surface area contributed by atoms with E-state index in [1.807, 2.05) is 12.3 Å². The molecule has 8 rings (SSSR count). The second-order valence-corrected chi connectivity index (χ2v) is 18.2. The van der Waals surface area contributed by atoms with Crippen LogP contribution in [0.2, 0.25) is 0 Å². The molecular weight excluding hydrogens is 870 g/mol. The Bertz CT molecular complexity index is 2270.